The van der Waals surface area contributed by atoms with Crippen molar-refractivity contribution in [2.45, 2.75) is 45.6 Å². The van der Waals surface area contributed by atoms with Crippen molar-refractivity contribution in [1.82, 2.24) is 0 Å². The van der Waals surface area contributed by atoms with Gasteiger partial charge < -0.3 is 4.90 Å². The number of hydrogen-bond acceptors (Lipinski definition) is 3. The maximum Gasteiger partial charge on any atom is 0.261 e. The number of carbonyl (C=O) groups is 1. The van der Waals surface area contributed by atoms with E-state index < -0.39 is 5.41 Å². The van der Waals surface area contributed by atoms with Gasteiger partial charge in [0, 0.05) is 22.7 Å². The van der Waals surface area contributed by atoms with Crippen LogP contribution in [0, 0.1) is 12.3 Å². The van der Waals surface area contributed by atoms with Crippen molar-refractivity contribution in [2.24, 2.45) is 10.5 Å². The number of benzene rings is 2. The molecule has 1 spiro atoms. The van der Waals surface area contributed by atoms with Gasteiger partial charge in [0.2, 0.25) is 0 Å². The highest BCUT2D eigenvalue weighted by Gasteiger charge is 2.59. The summed E-state index contributed by atoms with van der Waals surface area (Å²) in [6.07, 6.45) is 4.10. The van der Waals surface area contributed by atoms with Gasteiger partial charge in [0.15, 0.2) is 0 Å². The topological polar surface area (TPSA) is 35.9 Å². The third kappa shape index (κ3) is 2.48. The van der Waals surface area contributed by atoms with Gasteiger partial charge >= 0.3 is 0 Å². The standard InChI is InChI=1S/C23H24BrN3O/c1-15-6-9-19(10-7-15)27-22(28)23(16(2)25-27)14-17-13-18(24)8-11-20(17)26-12-4-3-5-21(23)26/h6-11,13,21H,3-5,12,14H2,1-2H3/t21-,23-/m1/s1. The van der Waals surface area contributed by atoms with E-state index in [-0.39, 0.29) is 11.9 Å². The minimum absolute atomic E-state index is 0.122. The first-order chi connectivity index (χ1) is 13.5. The third-order valence-corrected chi connectivity index (χ3v) is 7.13. The Morgan fingerprint density at radius 2 is 1.89 bits per heavy atom. The van der Waals surface area contributed by atoms with Gasteiger partial charge in [-0.2, -0.15) is 10.1 Å². The van der Waals surface area contributed by atoms with E-state index in [9.17, 15) is 4.79 Å². The summed E-state index contributed by atoms with van der Waals surface area (Å²) in [5, 5.41) is 6.44. The molecule has 0 bridgehead atoms. The number of rotatable bonds is 1. The molecule has 2 atom stereocenters. The normalized spacial score (nSPS) is 26.3. The van der Waals surface area contributed by atoms with Crippen LogP contribution in [0.3, 0.4) is 0 Å². The predicted molar refractivity (Wildman–Crippen MR) is 117 cm³/mol. The second-order valence-electron chi connectivity index (χ2n) is 8.26. The summed E-state index contributed by atoms with van der Waals surface area (Å²) in [5.41, 5.74) is 4.93. The number of halogens is 1. The van der Waals surface area contributed by atoms with E-state index >= 15 is 0 Å². The largest absolute Gasteiger partial charge is 0.367 e. The van der Waals surface area contributed by atoms with E-state index in [1.54, 1.807) is 5.01 Å². The van der Waals surface area contributed by atoms with E-state index in [0.29, 0.717) is 0 Å². The molecule has 0 aromatic heterocycles. The Kier molecular flexibility index (Phi) is 4.13. The van der Waals surface area contributed by atoms with Crippen LogP contribution < -0.4 is 9.91 Å². The molecule has 3 aliphatic heterocycles. The average molecular weight is 438 g/mol. The maximum atomic E-state index is 13.9. The summed E-state index contributed by atoms with van der Waals surface area (Å²) in [5.74, 6) is 0.122. The molecule has 144 valence electrons. The molecule has 0 radical (unpaired) electrons. The number of piperidine rings is 1. The first-order valence-electron chi connectivity index (χ1n) is 10.0. The molecule has 3 heterocycles. The molecule has 5 rings (SSSR count). The zero-order chi connectivity index (χ0) is 19.5. The van der Waals surface area contributed by atoms with Crippen molar-refractivity contribution in [3.8, 4) is 0 Å². The summed E-state index contributed by atoms with van der Waals surface area (Å²) < 4.78 is 1.06. The van der Waals surface area contributed by atoms with E-state index in [1.165, 1.54) is 29.7 Å². The van der Waals surface area contributed by atoms with Crippen LogP contribution in [-0.4, -0.2) is 24.2 Å². The molecule has 3 aliphatic rings. The molecule has 0 unspecified atom stereocenters. The summed E-state index contributed by atoms with van der Waals surface area (Å²) in [6.45, 7) is 5.11. The van der Waals surface area contributed by atoms with Gasteiger partial charge in [-0.15, -0.1) is 0 Å². The number of aryl methyl sites for hydroxylation is 1. The van der Waals surface area contributed by atoms with Crippen LogP contribution in [0.4, 0.5) is 11.4 Å². The summed E-state index contributed by atoms with van der Waals surface area (Å²) >= 11 is 3.62. The number of hydrazone groups is 1. The van der Waals surface area contributed by atoms with Crippen LogP contribution in [0.15, 0.2) is 52.0 Å². The van der Waals surface area contributed by atoms with Gasteiger partial charge in [-0.25, -0.2) is 0 Å². The second kappa shape index (κ2) is 6.45. The maximum absolute atomic E-state index is 13.9. The van der Waals surface area contributed by atoms with Crippen molar-refractivity contribution in [3.05, 3.63) is 58.1 Å². The molecule has 1 fully saturated rings. The van der Waals surface area contributed by atoms with Gasteiger partial charge in [-0.1, -0.05) is 33.6 Å². The van der Waals surface area contributed by atoms with E-state index in [4.69, 9.17) is 5.10 Å². The van der Waals surface area contributed by atoms with Crippen LogP contribution >= 0.6 is 15.9 Å². The van der Waals surface area contributed by atoms with Crippen molar-refractivity contribution in [1.29, 1.82) is 0 Å². The minimum atomic E-state index is -0.570. The lowest BCUT2D eigenvalue weighted by Crippen LogP contribution is -2.61. The summed E-state index contributed by atoms with van der Waals surface area (Å²) in [7, 11) is 0. The Bertz CT molecular complexity index is 984. The smallest absolute Gasteiger partial charge is 0.261 e. The number of anilines is 2. The molecule has 28 heavy (non-hydrogen) atoms. The fraction of sp³-hybridized carbons (Fsp3) is 0.391. The highest BCUT2D eigenvalue weighted by molar-refractivity contribution is 9.10. The molecule has 2 aromatic carbocycles. The van der Waals surface area contributed by atoms with Crippen LogP contribution in [0.1, 0.15) is 37.3 Å². The van der Waals surface area contributed by atoms with Crippen molar-refractivity contribution >= 4 is 38.9 Å². The SMILES string of the molecule is CC1=NN(c2ccc(C)cc2)C(=O)[C@]12Cc1cc(Br)ccc1N1CCCC[C@@H]12. The van der Waals surface area contributed by atoms with Crippen molar-refractivity contribution in [3.63, 3.8) is 0 Å². The first-order valence-corrected chi connectivity index (χ1v) is 10.8. The second-order valence-corrected chi connectivity index (χ2v) is 9.18. The Morgan fingerprint density at radius 1 is 1.11 bits per heavy atom. The fourth-order valence-corrected chi connectivity index (χ4v) is 5.61. The van der Waals surface area contributed by atoms with Crippen LogP contribution in [-0.2, 0) is 11.2 Å². The molecule has 5 heteroatoms. The molecule has 0 saturated carbocycles. The van der Waals surface area contributed by atoms with Crippen LogP contribution in [0.5, 0.6) is 0 Å². The number of hydrogen-bond donors (Lipinski definition) is 0. The zero-order valence-electron chi connectivity index (χ0n) is 16.3. The van der Waals surface area contributed by atoms with Crippen molar-refractivity contribution < 1.29 is 4.79 Å². The first kappa shape index (κ1) is 17.9. The average Bonchev–Trinajstić information content (AvgIpc) is 2.94. The van der Waals surface area contributed by atoms with Gasteiger partial charge in [0.1, 0.15) is 5.41 Å². The highest BCUT2D eigenvalue weighted by Crippen LogP contribution is 2.50. The molecule has 2 aromatic rings. The van der Waals surface area contributed by atoms with Gasteiger partial charge in [-0.3, -0.25) is 4.79 Å². The van der Waals surface area contributed by atoms with Gasteiger partial charge in [-0.05, 0) is 75.4 Å². The Morgan fingerprint density at radius 3 is 2.68 bits per heavy atom. The number of carbonyl (C=O) groups excluding carboxylic acids is 1. The van der Waals surface area contributed by atoms with E-state index in [2.05, 4.69) is 46.0 Å². The Hall–Kier alpha value is -2.14. The third-order valence-electron chi connectivity index (χ3n) is 6.64. The Balaban J connectivity index is 1.63. The number of nitrogens with zero attached hydrogens (tertiary/aromatic N) is 3. The highest BCUT2D eigenvalue weighted by atomic mass is 79.9. The van der Waals surface area contributed by atoms with Gasteiger partial charge in [0.05, 0.1) is 11.4 Å². The molecule has 0 N–H and O–H groups in total. The molecule has 1 amide bonds. The van der Waals surface area contributed by atoms with Crippen LogP contribution in [0.2, 0.25) is 0 Å². The molecular formula is C23H24BrN3O. The lowest BCUT2D eigenvalue weighted by molar-refractivity contribution is -0.125. The summed E-state index contributed by atoms with van der Waals surface area (Å²) in [6, 6.07) is 14.7. The molecule has 4 nitrogen and oxygen atoms in total. The Labute approximate surface area is 174 Å². The quantitative estimate of drug-likeness (QED) is 0.623. The van der Waals surface area contributed by atoms with E-state index in [0.717, 1.165) is 35.3 Å². The van der Waals surface area contributed by atoms with Gasteiger partial charge in [0.25, 0.3) is 5.91 Å². The molecular weight excluding hydrogens is 414 g/mol. The molecule has 0 aliphatic carbocycles. The minimum Gasteiger partial charge on any atom is -0.367 e. The van der Waals surface area contributed by atoms with Crippen LogP contribution in [0.25, 0.3) is 0 Å². The fourth-order valence-electron chi connectivity index (χ4n) is 5.20. The lowest BCUT2D eigenvalue weighted by atomic mass is 9.66. The number of amides is 1. The van der Waals surface area contributed by atoms with Crippen molar-refractivity contribution in [2.75, 3.05) is 16.5 Å². The van der Waals surface area contributed by atoms with E-state index in [1.807, 2.05) is 31.2 Å². The monoisotopic (exact) mass is 437 g/mol. The predicted octanol–water partition coefficient (Wildman–Crippen LogP) is 5.08. The lowest BCUT2D eigenvalue weighted by Gasteiger charge is -2.51. The number of fused-ring (bicyclic) bond motifs is 4. The summed E-state index contributed by atoms with van der Waals surface area (Å²) in [4.78, 5) is 16.4. The zero-order valence-corrected chi connectivity index (χ0v) is 17.9. The molecule has 1 saturated heterocycles.